The lowest BCUT2D eigenvalue weighted by atomic mass is 10.2. The summed E-state index contributed by atoms with van der Waals surface area (Å²) in [6.45, 7) is 1.27. The molecule has 0 unspecified atom stereocenters. The Morgan fingerprint density at radius 2 is 1.97 bits per heavy atom. The van der Waals surface area contributed by atoms with Gasteiger partial charge in [0, 0.05) is 12.3 Å². The number of anilines is 1. The number of thiazole rings is 1. The molecule has 3 rings (SSSR count). The van der Waals surface area contributed by atoms with Crippen LogP contribution in [0.4, 0.5) is 5.69 Å². The SMILES string of the molecule is COc1ccc(NC(=O)COC(=O)c2sc(-c3ccccn3)nc2C)c(OC)c1. The topological polar surface area (TPSA) is 99.6 Å². The maximum Gasteiger partial charge on any atom is 0.350 e. The van der Waals surface area contributed by atoms with Gasteiger partial charge in [-0.3, -0.25) is 9.78 Å². The van der Waals surface area contributed by atoms with Crippen LogP contribution in [0.2, 0.25) is 0 Å². The maximum atomic E-state index is 12.4. The molecule has 29 heavy (non-hydrogen) atoms. The summed E-state index contributed by atoms with van der Waals surface area (Å²) < 4.78 is 15.5. The number of carbonyl (C=O) groups excluding carboxylic acids is 2. The Balaban J connectivity index is 1.62. The van der Waals surface area contributed by atoms with Crippen molar-refractivity contribution < 1.29 is 23.8 Å². The molecular weight excluding hydrogens is 394 g/mol. The predicted octanol–water partition coefficient (Wildman–Crippen LogP) is 3.33. The van der Waals surface area contributed by atoms with E-state index in [4.69, 9.17) is 14.2 Å². The summed E-state index contributed by atoms with van der Waals surface area (Å²) in [5.41, 5.74) is 1.64. The van der Waals surface area contributed by atoms with Crippen molar-refractivity contribution in [3.63, 3.8) is 0 Å². The standard InChI is InChI=1S/C20H19N3O5S/c1-12-18(29-19(22-12)15-6-4-5-9-21-15)20(25)28-11-17(24)23-14-8-7-13(26-2)10-16(14)27-3/h4-10H,11H2,1-3H3,(H,23,24). The first kappa shape index (κ1) is 20.3. The number of aryl methyl sites for hydroxylation is 1. The highest BCUT2D eigenvalue weighted by atomic mass is 32.1. The van der Waals surface area contributed by atoms with Crippen molar-refractivity contribution in [1.29, 1.82) is 0 Å². The summed E-state index contributed by atoms with van der Waals surface area (Å²) in [6, 6.07) is 10.4. The molecule has 0 atom stereocenters. The van der Waals surface area contributed by atoms with Crippen molar-refractivity contribution in [3.05, 3.63) is 53.2 Å². The van der Waals surface area contributed by atoms with Crippen LogP contribution in [0.5, 0.6) is 11.5 Å². The molecule has 0 spiro atoms. The molecule has 150 valence electrons. The Morgan fingerprint density at radius 3 is 2.66 bits per heavy atom. The summed E-state index contributed by atoms with van der Waals surface area (Å²) >= 11 is 1.17. The van der Waals surface area contributed by atoms with Gasteiger partial charge in [0.05, 0.1) is 31.3 Å². The molecule has 9 heteroatoms. The van der Waals surface area contributed by atoms with Crippen LogP contribution in [-0.4, -0.2) is 42.7 Å². The molecule has 0 aliphatic heterocycles. The quantitative estimate of drug-likeness (QED) is 0.593. The number of ether oxygens (including phenoxy) is 3. The van der Waals surface area contributed by atoms with E-state index in [1.165, 1.54) is 25.6 Å². The average Bonchev–Trinajstić information content (AvgIpc) is 3.14. The fourth-order valence-corrected chi connectivity index (χ4v) is 3.41. The molecule has 0 saturated heterocycles. The first-order valence-corrected chi connectivity index (χ1v) is 9.41. The second kappa shape index (κ2) is 9.16. The van der Waals surface area contributed by atoms with E-state index in [0.29, 0.717) is 38.5 Å². The van der Waals surface area contributed by atoms with E-state index >= 15 is 0 Å². The minimum atomic E-state index is -0.612. The highest BCUT2D eigenvalue weighted by Gasteiger charge is 2.19. The monoisotopic (exact) mass is 413 g/mol. The molecule has 2 aromatic heterocycles. The summed E-state index contributed by atoms with van der Waals surface area (Å²) in [7, 11) is 3.02. The van der Waals surface area contributed by atoms with Crippen molar-refractivity contribution in [2.24, 2.45) is 0 Å². The van der Waals surface area contributed by atoms with Gasteiger partial charge in [0.25, 0.3) is 5.91 Å². The van der Waals surface area contributed by atoms with Crippen LogP contribution in [0.25, 0.3) is 10.7 Å². The summed E-state index contributed by atoms with van der Waals surface area (Å²) in [5.74, 6) is -0.0778. The summed E-state index contributed by atoms with van der Waals surface area (Å²) in [6.07, 6.45) is 1.65. The van der Waals surface area contributed by atoms with E-state index in [0.717, 1.165) is 0 Å². The fraction of sp³-hybridized carbons (Fsp3) is 0.200. The van der Waals surface area contributed by atoms with Crippen molar-refractivity contribution in [1.82, 2.24) is 9.97 Å². The second-order valence-corrected chi connectivity index (χ2v) is 6.84. The highest BCUT2D eigenvalue weighted by molar-refractivity contribution is 7.17. The van der Waals surface area contributed by atoms with Crippen molar-refractivity contribution >= 4 is 28.9 Å². The van der Waals surface area contributed by atoms with Gasteiger partial charge in [0.15, 0.2) is 6.61 Å². The van der Waals surface area contributed by atoms with Gasteiger partial charge in [-0.2, -0.15) is 0 Å². The van der Waals surface area contributed by atoms with Gasteiger partial charge >= 0.3 is 5.97 Å². The second-order valence-electron chi connectivity index (χ2n) is 5.84. The van der Waals surface area contributed by atoms with Gasteiger partial charge in [0.2, 0.25) is 0 Å². The van der Waals surface area contributed by atoms with Crippen molar-refractivity contribution in [2.75, 3.05) is 26.1 Å². The number of nitrogens with zero attached hydrogens (tertiary/aromatic N) is 2. The Hall–Kier alpha value is -3.46. The van der Waals surface area contributed by atoms with Gasteiger partial charge in [-0.25, -0.2) is 9.78 Å². The molecular formula is C20H19N3O5S. The van der Waals surface area contributed by atoms with Crippen LogP contribution < -0.4 is 14.8 Å². The third-order valence-corrected chi connectivity index (χ3v) is 5.04. The molecule has 8 nitrogen and oxygen atoms in total. The summed E-state index contributed by atoms with van der Waals surface area (Å²) in [5, 5.41) is 3.26. The van der Waals surface area contributed by atoms with E-state index in [9.17, 15) is 9.59 Å². The molecule has 1 amide bonds. The lowest BCUT2D eigenvalue weighted by Crippen LogP contribution is -2.21. The Kier molecular flexibility index (Phi) is 6.40. The van der Waals surface area contributed by atoms with Gasteiger partial charge in [-0.1, -0.05) is 6.07 Å². The minimum absolute atomic E-state index is 0.334. The molecule has 0 aliphatic carbocycles. The lowest BCUT2D eigenvalue weighted by molar-refractivity contribution is -0.119. The molecule has 0 radical (unpaired) electrons. The number of hydrogen-bond donors (Lipinski definition) is 1. The molecule has 3 aromatic rings. The number of rotatable bonds is 7. The number of nitrogens with one attached hydrogen (secondary N) is 1. The van der Waals surface area contributed by atoms with E-state index < -0.39 is 18.5 Å². The van der Waals surface area contributed by atoms with Gasteiger partial charge in [0.1, 0.15) is 21.4 Å². The van der Waals surface area contributed by atoms with Crippen LogP contribution >= 0.6 is 11.3 Å². The first-order chi connectivity index (χ1) is 14.0. The Morgan fingerprint density at radius 1 is 1.14 bits per heavy atom. The Labute approximate surface area is 171 Å². The van der Waals surface area contributed by atoms with E-state index in [2.05, 4.69) is 15.3 Å². The molecule has 0 fully saturated rings. The number of hydrogen-bond acceptors (Lipinski definition) is 8. The molecule has 0 bridgehead atoms. The number of esters is 1. The number of amides is 1. The largest absolute Gasteiger partial charge is 0.497 e. The third kappa shape index (κ3) is 4.88. The van der Waals surface area contributed by atoms with E-state index in [-0.39, 0.29) is 0 Å². The summed E-state index contributed by atoms with van der Waals surface area (Å²) in [4.78, 5) is 33.5. The zero-order valence-corrected chi connectivity index (χ0v) is 16.9. The smallest absolute Gasteiger partial charge is 0.350 e. The average molecular weight is 413 g/mol. The van der Waals surface area contributed by atoms with Crippen molar-refractivity contribution in [3.8, 4) is 22.2 Å². The zero-order valence-electron chi connectivity index (χ0n) is 16.1. The molecule has 0 saturated carbocycles. The number of carbonyl (C=O) groups is 2. The van der Waals surface area contributed by atoms with E-state index in [1.54, 1.807) is 37.4 Å². The third-order valence-electron chi connectivity index (χ3n) is 3.88. The number of aromatic nitrogens is 2. The maximum absolute atomic E-state index is 12.4. The highest BCUT2D eigenvalue weighted by Crippen LogP contribution is 2.29. The normalized spacial score (nSPS) is 10.3. The molecule has 2 heterocycles. The fourth-order valence-electron chi connectivity index (χ4n) is 2.47. The van der Waals surface area contributed by atoms with Crippen LogP contribution in [-0.2, 0) is 9.53 Å². The number of methoxy groups -OCH3 is 2. The van der Waals surface area contributed by atoms with Crippen LogP contribution in [0.3, 0.4) is 0 Å². The zero-order chi connectivity index (χ0) is 20.8. The molecule has 0 aliphatic rings. The van der Waals surface area contributed by atoms with Crippen LogP contribution in [0, 0.1) is 6.92 Å². The van der Waals surface area contributed by atoms with Crippen LogP contribution in [0.15, 0.2) is 42.6 Å². The Bertz CT molecular complexity index is 1020. The van der Waals surface area contributed by atoms with Crippen molar-refractivity contribution in [2.45, 2.75) is 6.92 Å². The lowest BCUT2D eigenvalue weighted by Gasteiger charge is -2.11. The predicted molar refractivity (Wildman–Crippen MR) is 109 cm³/mol. The van der Waals surface area contributed by atoms with Gasteiger partial charge < -0.3 is 19.5 Å². The first-order valence-electron chi connectivity index (χ1n) is 8.59. The van der Waals surface area contributed by atoms with Gasteiger partial charge in [-0.15, -0.1) is 11.3 Å². The molecule has 1 N–H and O–H groups in total. The number of benzene rings is 1. The molecule has 1 aromatic carbocycles. The number of pyridine rings is 1. The van der Waals surface area contributed by atoms with E-state index in [1.807, 2.05) is 12.1 Å². The minimum Gasteiger partial charge on any atom is -0.497 e. The van der Waals surface area contributed by atoms with Gasteiger partial charge in [-0.05, 0) is 31.2 Å². The van der Waals surface area contributed by atoms with Crippen LogP contribution in [0.1, 0.15) is 15.4 Å².